The van der Waals surface area contributed by atoms with Crippen molar-refractivity contribution < 1.29 is 27.1 Å². The van der Waals surface area contributed by atoms with E-state index >= 15 is 0 Å². The van der Waals surface area contributed by atoms with Gasteiger partial charge in [-0.2, -0.15) is 22.5 Å². The van der Waals surface area contributed by atoms with Crippen LogP contribution in [0.25, 0.3) is 0 Å². The van der Waals surface area contributed by atoms with Crippen LogP contribution in [0.4, 0.5) is 23.2 Å². The molecule has 1 unspecified atom stereocenters. The first-order chi connectivity index (χ1) is 10.8. The van der Waals surface area contributed by atoms with Crippen molar-refractivity contribution in [3.05, 3.63) is 23.5 Å². The van der Waals surface area contributed by atoms with E-state index in [2.05, 4.69) is 10.3 Å². The van der Waals surface area contributed by atoms with Crippen LogP contribution >= 0.6 is 0 Å². The Balaban J connectivity index is 2.28. The fourth-order valence-corrected chi connectivity index (χ4v) is 2.26. The molecular weight excluding hydrogens is 318 g/mol. The number of nitrogens with one attached hydrogen (secondary N) is 1. The summed E-state index contributed by atoms with van der Waals surface area (Å²) in [5, 5.41) is 2.29. The van der Waals surface area contributed by atoms with Crippen molar-refractivity contribution in [2.45, 2.75) is 19.9 Å². The minimum atomic E-state index is -1.77. The van der Waals surface area contributed by atoms with Crippen LogP contribution in [0.3, 0.4) is 0 Å². The second kappa shape index (κ2) is 7.12. The second-order valence-corrected chi connectivity index (χ2v) is 5.50. The average molecular weight is 335 g/mol. The lowest BCUT2D eigenvalue weighted by Gasteiger charge is -2.32. The highest BCUT2D eigenvalue weighted by atomic mass is 19.2. The third-order valence-electron chi connectivity index (χ3n) is 3.55. The zero-order valence-electron chi connectivity index (χ0n) is 12.7. The second-order valence-electron chi connectivity index (χ2n) is 5.50. The normalized spacial score (nSPS) is 16.6. The van der Waals surface area contributed by atoms with E-state index in [1.807, 2.05) is 0 Å². The number of anilines is 1. The number of pyridine rings is 1. The van der Waals surface area contributed by atoms with Gasteiger partial charge >= 0.3 is 0 Å². The van der Waals surface area contributed by atoms with Crippen molar-refractivity contribution in [1.29, 1.82) is 0 Å². The predicted octanol–water partition coefficient (Wildman–Crippen LogP) is 1.93. The van der Waals surface area contributed by atoms with Gasteiger partial charge in [0.25, 0.3) is 11.9 Å². The smallest absolute Gasteiger partial charge is 0.253 e. The molecule has 1 aliphatic rings. The summed E-state index contributed by atoms with van der Waals surface area (Å²) in [6.07, 6.45) is 0. The summed E-state index contributed by atoms with van der Waals surface area (Å²) in [5.41, 5.74) is -1.03. The minimum Gasteiger partial charge on any atom is -0.378 e. The summed E-state index contributed by atoms with van der Waals surface area (Å²) in [6.45, 7) is 4.70. The van der Waals surface area contributed by atoms with Crippen molar-refractivity contribution in [3.63, 3.8) is 0 Å². The van der Waals surface area contributed by atoms with E-state index in [0.29, 0.717) is 26.3 Å². The topological polar surface area (TPSA) is 54.5 Å². The van der Waals surface area contributed by atoms with Crippen molar-refractivity contribution in [3.8, 4) is 0 Å². The van der Waals surface area contributed by atoms with Crippen molar-refractivity contribution in [2.75, 3.05) is 31.6 Å². The number of hydrogen-bond acceptors (Lipinski definition) is 4. The lowest BCUT2D eigenvalue weighted by atomic mass is 10.0. The highest BCUT2D eigenvalue weighted by molar-refractivity contribution is 5.85. The molecule has 0 bridgehead atoms. The standard InChI is InChI=1S/C14H17F4N3O2/c1-7(2)10(14(22)21-3-5-23-6-4-21)19-11-8(15)12(17)20-13(18)9(11)16/h7,10H,3-6H2,1-2H3,(H,19,20). The lowest BCUT2D eigenvalue weighted by molar-refractivity contribution is -0.137. The van der Waals surface area contributed by atoms with E-state index < -0.39 is 41.2 Å². The molecule has 1 aromatic heterocycles. The van der Waals surface area contributed by atoms with E-state index in [0.717, 1.165) is 0 Å². The summed E-state index contributed by atoms with van der Waals surface area (Å²) in [7, 11) is 0. The average Bonchev–Trinajstić information content (AvgIpc) is 2.53. The van der Waals surface area contributed by atoms with E-state index in [1.165, 1.54) is 4.90 Å². The molecule has 0 aromatic carbocycles. The molecule has 23 heavy (non-hydrogen) atoms. The van der Waals surface area contributed by atoms with Crippen LogP contribution in [-0.2, 0) is 9.53 Å². The molecule has 1 aliphatic heterocycles. The molecule has 0 spiro atoms. The minimum absolute atomic E-state index is 0.341. The Hall–Kier alpha value is -1.90. The van der Waals surface area contributed by atoms with Gasteiger partial charge in [0, 0.05) is 13.1 Å². The number of rotatable bonds is 4. The lowest BCUT2D eigenvalue weighted by Crippen LogP contribution is -2.50. The first-order valence-corrected chi connectivity index (χ1v) is 7.16. The number of halogens is 4. The van der Waals surface area contributed by atoms with Crippen molar-refractivity contribution in [2.24, 2.45) is 5.92 Å². The van der Waals surface area contributed by atoms with Gasteiger partial charge in [0.15, 0.2) is 0 Å². The number of hydrogen-bond donors (Lipinski definition) is 1. The molecule has 1 atom stereocenters. The molecule has 2 rings (SSSR count). The Morgan fingerprint density at radius 1 is 1.13 bits per heavy atom. The third kappa shape index (κ3) is 3.72. The molecule has 5 nitrogen and oxygen atoms in total. The number of ether oxygens (including phenoxy) is 1. The van der Waals surface area contributed by atoms with Gasteiger partial charge in [-0.1, -0.05) is 13.8 Å². The first kappa shape index (κ1) is 17.5. The monoisotopic (exact) mass is 335 g/mol. The fourth-order valence-electron chi connectivity index (χ4n) is 2.26. The summed E-state index contributed by atoms with van der Waals surface area (Å²) in [4.78, 5) is 16.5. The fraction of sp³-hybridized carbons (Fsp3) is 0.571. The number of amides is 1. The van der Waals surface area contributed by atoms with Gasteiger partial charge in [-0.25, -0.2) is 0 Å². The Morgan fingerprint density at radius 3 is 2.13 bits per heavy atom. The van der Waals surface area contributed by atoms with Crippen LogP contribution < -0.4 is 5.32 Å². The van der Waals surface area contributed by atoms with Crippen LogP contribution in [0.1, 0.15) is 13.8 Å². The van der Waals surface area contributed by atoms with Crippen molar-refractivity contribution >= 4 is 11.6 Å². The molecule has 2 heterocycles. The van der Waals surface area contributed by atoms with Gasteiger partial charge in [-0.05, 0) is 5.92 Å². The number of nitrogens with zero attached hydrogens (tertiary/aromatic N) is 2. The number of aromatic nitrogens is 1. The number of morpholine rings is 1. The maximum atomic E-state index is 13.7. The van der Waals surface area contributed by atoms with Crippen molar-refractivity contribution in [1.82, 2.24) is 9.88 Å². The Labute approximate surface area is 130 Å². The SMILES string of the molecule is CC(C)C(Nc1c(F)c(F)nc(F)c1F)C(=O)N1CCOCC1. The molecule has 0 aliphatic carbocycles. The largest absolute Gasteiger partial charge is 0.378 e. The van der Waals surface area contributed by atoms with Gasteiger partial charge in [-0.15, -0.1) is 0 Å². The zero-order valence-corrected chi connectivity index (χ0v) is 12.7. The highest BCUT2D eigenvalue weighted by Crippen LogP contribution is 2.24. The number of carbonyl (C=O) groups excluding carboxylic acids is 1. The summed E-state index contributed by atoms with van der Waals surface area (Å²) >= 11 is 0. The van der Waals surface area contributed by atoms with Crippen LogP contribution in [0, 0.1) is 29.4 Å². The predicted molar refractivity (Wildman–Crippen MR) is 73.7 cm³/mol. The van der Waals surface area contributed by atoms with Crippen LogP contribution in [0.15, 0.2) is 0 Å². The van der Waals surface area contributed by atoms with Crippen LogP contribution in [0.2, 0.25) is 0 Å². The zero-order chi connectivity index (χ0) is 17.1. The Morgan fingerprint density at radius 2 is 1.65 bits per heavy atom. The molecule has 0 saturated carbocycles. The molecule has 9 heteroatoms. The van der Waals surface area contributed by atoms with E-state index in [-0.39, 0.29) is 5.92 Å². The van der Waals surface area contributed by atoms with E-state index in [4.69, 9.17) is 4.74 Å². The van der Waals surface area contributed by atoms with Gasteiger partial charge < -0.3 is 15.0 Å². The Kier molecular flexibility index (Phi) is 5.40. The molecule has 128 valence electrons. The van der Waals surface area contributed by atoms with Gasteiger partial charge in [-0.3, -0.25) is 4.79 Å². The summed E-state index contributed by atoms with van der Waals surface area (Å²) < 4.78 is 58.9. The Bertz CT molecular complexity index is 566. The van der Waals surface area contributed by atoms with Crippen LogP contribution in [-0.4, -0.2) is 48.1 Å². The maximum Gasteiger partial charge on any atom is 0.253 e. The third-order valence-corrected chi connectivity index (χ3v) is 3.55. The number of carbonyl (C=O) groups is 1. The van der Waals surface area contributed by atoms with Gasteiger partial charge in [0.1, 0.15) is 11.7 Å². The first-order valence-electron chi connectivity index (χ1n) is 7.16. The maximum absolute atomic E-state index is 13.7. The quantitative estimate of drug-likeness (QED) is 0.675. The molecule has 1 N–H and O–H groups in total. The molecule has 0 radical (unpaired) electrons. The highest BCUT2D eigenvalue weighted by Gasteiger charge is 2.31. The molecule has 1 aromatic rings. The summed E-state index contributed by atoms with van der Waals surface area (Å²) in [5.74, 6) is -7.66. The van der Waals surface area contributed by atoms with Gasteiger partial charge in [0.05, 0.1) is 13.2 Å². The molecule has 1 amide bonds. The van der Waals surface area contributed by atoms with E-state index in [9.17, 15) is 22.4 Å². The van der Waals surface area contributed by atoms with Gasteiger partial charge in [0.2, 0.25) is 17.5 Å². The molecule has 1 fully saturated rings. The van der Waals surface area contributed by atoms with Crippen LogP contribution in [0.5, 0.6) is 0 Å². The molecular formula is C14H17F4N3O2. The van der Waals surface area contributed by atoms with E-state index in [1.54, 1.807) is 13.8 Å². The summed E-state index contributed by atoms with van der Waals surface area (Å²) in [6, 6.07) is -1.04. The molecule has 1 saturated heterocycles.